The molecule has 0 heterocycles. The molecule has 3 atom stereocenters. The van der Waals surface area contributed by atoms with E-state index >= 15 is 0 Å². The van der Waals surface area contributed by atoms with E-state index in [9.17, 15) is 9.90 Å². The normalized spacial score (nSPS) is 32.5. The van der Waals surface area contributed by atoms with E-state index in [2.05, 4.69) is 29.6 Å². The van der Waals surface area contributed by atoms with Crippen molar-refractivity contribution in [1.82, 2.24) is 5.32 Å². The summed E-state index contributed by atoms with van der Waals surface area (Å²) in [5, 5.41) is 12.6. The van der Waals surface area contributed by atoms with Gasteiger partial charge in [-0.2, -0.15) is 0 Å². The summed E-state index contributed by atoms with van der Waals surface area (Å²) in [4.78, 5) is 12.5. The number of aliphatic hydroxyl groups is 1. The van der Waals surface area contributed by atoms with Gasteiger partial charge in [-0.3, -0.25) is 4.79 Å². The van der Waals surface area contributed by atoms with Crippen LogP contribution in [0, 0.1) is 11.8 Å². The van der Waals surface area contributed by atoms with Crippen molar-refractivity contribution in [2.45, 2.75) is 43.6 Å². The number of hydrogen-bond acceptors (Lipinski definition) is 2. The highest BCUT2D eigenvalue weighted by atomic mass is 16.3. The molecule has 2 saturated carbocycles. The summed E-state index contributed by atoms with van der Waals surface area (Å²) in [6.07, 6.45) is 5.20. The number of amides is 1. The van der Waals surface area contributed by atoms with E-state index in [0.717, 1.165) is 32.1 Å². The van der Waals surface area contributed by atoms with Crippen molar-refractivity contribution in [3.63, 3.8) is 0 Å². The quantitative estimate of drug-likeness (QED) is 0.883. The number of rotatable bonds is 3. The summed E-state index contributed by atoms with van der Waals surface area (Å²) in [6, 6.07) is 8.55. The molecule has 3 nitrogen and oxygen atoms in total. The third kappa shape index (κ3) is 1.72. The van der Waals surface area contributed by atoms with E-state index < -0.39 is 0 Å². The molecule has 0 radical (unpaired) electrons. The zero-order chi connectivity index (χ0) is 13.7. The van der Waals surface area contributed by atoms with Crippen molar-refractivity contribution in [2.24, 2.45) is 11.8 Å². The van der Waals surface area contributed by atoms with Crippen LogP contribution < -0.4 is 5.32 Å². The second-order valence-electron chi connectivity index (χ2n) is 6.73. The third-order valence-corrected chi connectivity index (χ3v) is 5.63. The molecule has 3 heteroatoms. The van der Waals surface area contributed by atoms with Crippen LogP contribution in [-0.4, -0.2) is 23.2 Å². The first-order valence-corrected chi connectivity index (χ1v) is 7.75. The van der Waals surface area contributed by atoms with Crippen molar-refractivity contribution < 1.29 is 9.90 Å². The third-order valence-electron chi connectivity index (χ3n) is 5.63. The highest BCUT2D eigenvalue weighted by Gasteiger charge is 2.58. The van der Waals surface area contributed by atoms with Gasteiger partial charge in [0.05, 0.1) is 12.1 Å². The van der Waals surface area contributed by atoms with E-state index in [1.807, 2.05) is 0 Å². The minimum Gasteiger partial charge on any atom is -0.394 e. The van der Waals surface area contributed by atoms with Crippen LogP contribution in [0.5, 0.6) is 0 Å². The van der Waals surface area contributed by atoms with Crippen molar-refractivity contribution in [3.05, 3.63) is 35.4 Å². The number of carbonyl (C=O) groups is 1. The van der Waals surface area contributed by atoms with Gasteiger partial charge in [0.15, 0.2) is 0 Å². The lowest BCUT2D eigenvalue weighted by Gasteiger charge is -2.41. The van der Waals surface area contributed by atoms with Crippen LogP contribution >= 0.6 is 0 Å². The van der Waals surface area contributed by atoms with Crippen LogP contribution in [0.3, 0.4) is 0 Å². The van der Waals surface area contributed by atoms with Crippen LogP contribution in [0.2, 0.25) is 0 Å². The van der Waals surface area contributed by atoms with Crippen LogP contribution in [0.15, 0.2) is 24.3 Å². The minimum atomic E-state index is -0.303. The molecule has 20 heavy (non-hydrogen) atoms. The molecule has 3 aliphatic carbocycles. The number of aliphatic hydroxyl groups excluding tert-OH is 1. The van der Waals surface area contributed by atoms with E-state index in [1.54, 1.807) is 0 Å². The van der Waals surface area contributed by atoms with Crippen molar-refractivity contribution in [3.8, 4) is 0 Å². The van der Waals surface area contributed by atoms with Gasteiger partial charge in [-0.25, -0.2) is 0 Å². The Hall–Kier alpha value is -1.35. The standard InChI is InChI=1S/C17H21NO2/c19-10-17(8-3-9-17)18-16(20)15-13-7-6-11-4-1-2-5-12(11)14(13)15/h1-2,4-5,13-15,19H,3,6-10H2,(H,18,20). The molecule has 4 rings (SSSR count). The largest absolute Gasteiger partial charge is 0.394 e. The van der Waals surface area contributed by atoms with Crippen molar-refractivity contribution in [1.29, 1.82) is 0 Å². The molecular formula is C17H21NO2. The van der Waals surface area contributed by atoms with Gasteiger partial charge in [0, 0.05) is 5.92 Å². The Morgan fingerprint density at radius 2 is 2.15 bits per heavy atom. The number of aryl methyl sites for hydroxylation is 1. The van der Waals surface area contributed by atoms with Crippen LogP contribution in [0.25, 0.3) is 0 Å². The Kier molecular flexibility index (Phi) is 2.68. The SMILES string of the molecule is O=C(NC1(CO)CCC1)C1C2CCc3ccccc3C21. The predicted molar refractivity (Wildman–Crippen MR) is 76.3 cm³/mol. The van der Waals surface area contributed by atoms with Gasteiger partial charge in [-0.1, -0.05) is 24.3 Å². The first-order valence-electron chi connectivity index (χ1n) is 7.75. The van der Waals surface area contributed by atoms with Crippen LogP contribution in [0.4, 0.5) is 0 Å². The molecular weight excluding hydrogens is 250 g/mol. The van der Waals surface area contributed by atoms with E-state index in [-0.39, 0.29) is 24.0 Å². The summed E-state index contributed by atoms with van der Waals surface area (Å²) < 4.78 is 0. The first-order chi connectivity index (χ1) is 9.74. The second kappa shape index (κ2) is 4.32. The lowest BCUT2D eigenvalue weighted by Crippen LogP contribution is -2.56. The van der Waals surface area contributed by atoms with Gasteiger partial charge in [0.1, 0.15) is 0 Å². The molecule has 1 aromatic carbocycles. The maximum absolute atomic E-state index is 12.5. The number of nitrogens with one attached hydrogen (secondary N) is 1. The second-order valence-corrected chi connectivity index (χ2v) is 6.73. The molecule has 3 aliphatic rings. The van der Waals surface area contributed by atoms with E-state index in [4.69, 9.17) is 0 Å². The number of hydrogen-bond donors (Lipinski definition) is 2. The average Bonchev–Trinajstić information content (AvgIpc) is 3.17. The van der Waals surface area contributed by atoms with Gasteiger partial charge in [0.2, 0.25) is 5.91 Å². The topological polar surface area (TPSA) is 49.3 Å². The molecule has 1 amide bonds. The summed E-state index contributed by atoms with van der Waals surface area (Å²) >= 11 is 0. The molecule has 0 bridgehead atoms. The van der Waals surface area contributed by atoms with E-state index in [0.29, 0.717) is 11.8 Å². The molecule has 106 valence electrons. The number of carbonyl (C=O) groups excluding carboxylic acids is 1. The van der Waals surface area contributed by atoms with Gasteiger partial charge in [-0.15, -0.1) is 0 Å². The maximum Gasteiger partial charge on any atom is 0.224 e. The van der Waals surface area contributed by atoms with Gasteiger partial charge in [-0.05, 0) is 55.1 Å². The van der Waals surface area contributed by atoms with Crippen molar-refractivity contribution >= 4 is 5.91 Å². The first kappa shape index (κ1) is 12.4. The lowest BCUT2D eigenvalue weighted by molar-refractivity contribution is -0.126. The van der Waals surface area contributed by atoms with Gasteiger partial charge in [0.25, 0.3) is 0 Å². The number of fused-ring (bicyclic) bond motifs is 3. The monoisotopic (exact) mass is 271 g/mol. The molecule has 2 fully saturated rings. The van der Waals surface area contributed by atoms with E-state index in [1.165, 1.54) is 11.1 Å². The minimum absolute atomic E-state index is 0.0807. The number of benzene rings is 1. The van der Waals surface area contributed by atoms with Gasteiger partial charge >= 0.3 is 0 Å². The molecule has 0 spiro atoms. The predicted octanol–water partition coefficient (Wildman–Crippen LogP) is 1.99. The highest BCUT2D eigenvalue weighted by molar-refractivity contribution is 5.85. The zero-order valence-electron chi connectivity index (χ0n) is 11.6. The smallest absolute Gasteiger partial charge is 0.224 e. The fraction of sp³-hybridized carbons (Fsp3) is 0.588. The molecule has 0 aliphatic heterocycles. The fourth-order valence-electron chi connectivity index (χ4n) is 4.19. The Balaban J connectivity index is 1.51. The van der Waals surface area contributed by atoms with Gasteiger partial charge < -0.3 is 10.4 Å². The maximum atomic E-state index is 12.5. The molecule has 1 aromatic rings. The Morgan fingerprint density at radius 1 is 1.35 bits per heavy atom. The molecule has 3 unspecified atom stereocenters. The molecule has 2 N–H and O–H groups in total. The lowest BCUT2D eigenvalue weighted by atomic mass is 9.77. The van der Waals surface area contributed by atoms with Crippen LogP contribution in [0.1, 0.15) is 42.7 Å². The highest BCUT2D eigenvalue weighted by Crippen LogP contribution is 2.60. The van der Waals surface area contributed by atoms with Crippen molar-refractivity contribution in [2.75, 3.05) is 6.61 Å². The summed E-state index contributed by atoms with van der Waals surface area (Å²) in [5.41, 5.74) is 2.50. The summed E-state index contributed by atoms with van der Waals surface area (Å²) in [7, 11) is 0. The molecule has 0 saturated heterocycles. The van der Waals surface area contributed by atoms with Crippen LogP contribution in [-0.2, 0) is 11.2 Å². The fourth-order valence-corrected chi connectivity index (χ4v) is 4.19. The Morgan fingerprint density at radius 3 is 2.85 bits per heavy atom. The summed E-state index contributed by atoms with van der Waals surface area (Å²) in [6.45, 7) is 0.0807. The Bertz CT molecular complexity index is 544. The Labute approximate surface area is 119 Å². The summed E-state index contributed by atoms with van der Waals surface area (Å²) in [5.74, 6) is 1.27. The zero-order valence-corrected chi connectivity index (χ0v) is 11.6. The molecule has 0 aromatic heterocycles. The average molecular weight is 271 g/mol.